The molecule has 2 heterocycles. The maximum absolute atomic E-state index is 12.7. The summed E-state index contributed by atoms with van der Waals surface area (Å²) in [6.45, 7) is 0. The summed E-state index contributed by atoms with van der Waals surface area (Å²) < 4.78 is 0. The molecule has 2 aromatic heterocycles. The number of H-pyrrole nitrogens is 1. The molecular formula is C21H16N4O. The van der Waals surface area contributed by atoms with Crippen molar-refractivity contribution in [1.29, 1.82) is 0 Å². The van der Waals surface area contributed by atoms with Crippen molar-refractivity contribution in [2.75, 3.05) is 0 Å². The first-order valence-electron chi connectivity index (χ1n) is 8.22. The molecule has 0 aliphatic heterocycles. The molecule has 5 heteroatoms. The summed E-state index contributed by atoms with van der Waals surface area (Å²) in [4.78, 5) is 20.0. The van der Waals surface area contributed by atoms with Gasteiger partial charge in [0.2, 0.25) is 0 Å². The van der Waals surface area contributed by atoms with Crippen molar-refractivity contribution in [3.8, 4) is 11.1 Å². The number of hydrogen-bond acceptors (Lipinski definition) is 3. The van der Waals surface area contributed by atoms with E-state index >= 15 is 0 Å². The van der Waals surface area contributed by atoms with E-state index in [9.17, 15) is 4.79 Å². The van der Waals surface area contributed by atoms with Gasteiger partial charge in [-0.1, -0.05) is 54.6 Å². The van der Waals surface area contributed by atoms with Gasteiger partial charge in [0.05, 0.1) is 6.21 Å². The third kappa shape index (κ3) is 3.10. The van der Waals surface area contributed by atoms with Crippen molar-refractivity contribution in [3.63, 3.8) is 0 Å². The van der Waals surface area contributed by atoms with Crippen molar-refractivity contribution in [3.05, 3.63) is 90.4 Å². The summed E-state index contributed by atoms with van der Waals surface area (Å²) in [7, 11) is 0. The molecule has 0 spiro atoms. The maximum Gasteiger partial charge on any atom is 0.288 e. The summed E-state index contributed by atoms with van der Waals surface area (Å²) in [6, 6.07) is 21.4. The molecule has 1 amide bonds. The lowest BCUT2D eigenvalue weighted by molar-refractivity contribution is 0.0951. The largest absolute Gasteiger partial charge is 0.350 e. The fraction of sp³-hybridized carbons (Fsp3) is 0. The Hall–Kier alpha value is -3.73. The Balaban J connectivity index is 1.69. The zero-order valence-corrected chi connectivity index (χ0v) is 13.9. The van der Waals surface area contributed by atoms with E-state index in [-0.39, 0.29) is 5.91 Å². The molecule has 4 aromatic rings. The Bertz CT molecular complexity index is 1070. The Morgan fingerprint density at radius 3 is 2.62 bits per heavy atom. The first-order valence-corrected chi connectivity index (χ1v) is 8.22. The zero-order valence-electron chi connectivity index (χ0n) is 13.9. The summed E-state index contributed by atoms with van der Waals surface area (Å²) in [5.41, 5.74) is 6.65. The molecule has 0 radical (unpaired) electrons. The molecule has 0 aliphatic rings. The van der Waals surface area contributed by atoms with Crippen LogP contribution in [0, 0.1) is 0 Å². The topological polar surface area (TPSA) is 70.1 Å². The van der Waals surface area contributed by atoms with Crippen LogP contribution in [-0.2, 0) is 0 Å². The predicted octanol–water partition coefficient (Wildman–Crippen LogP) is 3.99. The highest BCUT2D eigenvalue weighted by Gasteiger charge is 2.18. The second-order valence-corrected chi connectivity index (χ2v) is 5.77. The minimum atomic E-state index is -0.291. The smallest absolute Gasteiger partial charge is 0.288 e. The van der Waals surface area contributed by atoms with Gasteiger partial charge in [-0.3, -0.25) is 9.78 Å². The van der Waals surface area contributed by atoms with Crippen LogP contribution < -0.4 is 5.43 Å². The number of amides is 1. The third-order valence-electron chi connectivity index (χ3n) is 4.06. The Morgan fingerprint density at radius 2 is 1.81 bits per heavy atom. The number of hydrazone groups is 1. The van der Waals surface area contributed by atoms with Gasteiger partial charge in [-0.25, -0.2) is 5.43 Å². The van der Waals surface area contributed by atoms with E-state index in [1.54, 1.807) is 18.6 Å². The van der Waals surface area contributed by atoms with Crippen LogP contribution in [0.2, 0.25) is 0 Å². The van der Waals surface area contributed by atoms with E-state index in [2.05, 4.69) is 20.5 Å². The molecule has 0 atom stereocenters. The van der Waals surface area contributed by atoms with E-state index in [0.717, 1.165) is 27.6 Å². The third-order valence-corrected chi connectivity index (χ3v) is 4.06. The number of benzene rings is 2. The number of hydrogen-bond donors (Lipinski definition) is 2. The molecule has 2 aromatic carbocycles. The van der Waals surface area contributed by atoms with Crippen LogP contribution in [0.25, 0.3) is 22.0 Å². The number of nitrogens with zero attached hydrogens (tertiary/aromatic N) is 2. The molecule has 2 N–H and O–H groups in total. The number of pyridine rings is 1. The summed E-state index contributed by atoms with van der Waals surface area (Å²) in [6.07, 6.45) is 4.93. The van der Waals surface area contributed by atoms with Crippen molar-refractivity contribution in [1.82, 2.24) is 15.4 Å². The highest BCUT2D eigenvalue weighted by Crippen LogP contribution is 2.32. The molecule has 0 saturated carbocycles. The fourth-order valence-electron chi connectivity index (χ4n) is 2.89. The van der Waals surface area contributed by atoms with E-state index in [1.165, 1.54) is 0 Å². The lowest BCUT2D eigenvalue weighted by Crippen LogP contribution is -2.18. The number of rotatable bonds is 4. The average Bonchev–Trinajstić information content (AvgIpc) is 3.09. The van der Waals surface area contributed by atoms with Gasteiger partial charge in [-0.05, 0) is 17.7 Å². The lowest BCUT2D eigenvalue weighted by Gasteiger charge is -2.04. The molecule has 0 saturated heterocycles. The van der Waals surface area contributed by atoms with Gasteiger partial charge in [0.1, 0.15) is 5.69 Å². The van der Waals surface area contributed by atoms with E-state index < -0.39 is 0 Å². The Labute approximate surface area is 150 Å². The van der Waals surface area contributed by atoms with Crippen molar-refractivity contribution in [2.45, 2.75) is 0 Å². The number of aromatic amines is 1. The highest BCUT2D eigenvalue weighted by atomic mass is 16.2. The number of fused-ring (bicyclic) bond motifs is 1. The van der Waals surface area contributed by atoms with E-state index in [4.69, 9.17) is 0 Å². The average molecular weight is 340 g/mol. The van der Waals surface area contributed by atoms with Crippen molar-refractivity contribution in [2.24, 2.45) is 5.10 Å². The monoisotopic (exact) mass is 340 g/mol. The molecule has 0 bridgehead atoms. The normalized spacial score (nSPS) is 11.1. The summed E-state index contributed by atoms with van der Waals surface area (Å²) >= 11 is 0. The van der Waals surface area contributed by atoms with Gasteiger partial charge in [-0.2, -0.15) is 5.10 Å². The first-order chi connectivity index (χ1) is 12.8. The van der Waals surface area contributed by atoms with Gasteiger partial charge >= 0.3 is 0 Å². The Kier molecular flexibility index (Phi) is 4.26. The van der Waals surface area contributed by atoms with Gasteiger partial charge in [0.15, 0.2) is 0 Å². The van der Waals surface area contributed by atoms with Crippen LogP contribution in [-0.4, -0.2) is 22.1 Å². The maximum atomic E-state index is 12.7. The van der Waals surface area contributed by atoms with Gasteiger partial charge in [0, 0.05) is 34.4 Å². The molecular weight excluding hydrogens is 324 g/mol. The standard InChI is InChI=1S/C21H16N4O/c26-21(25-23-14-15-7-6-12-22-13-15)20-19(16-8-2-1-3-9-16)17-10-4-5-11-18(17)24-20/h1-14,24H,(H,25,26). The molecule has 5 nitrogen and oxygen atoms in total. The van der Waals surface area contributed by atoms with Crippen LogP contribution in [0.5, 0.6) is 0 Å². The molecule has 0 fully saturated rings. The van der Waals surface area contributed by atoms with Crippen LogP contribution in [0.3, 0.4) is 0 Å². The van der Waals surface area contributed by atoms with E-state index in [1.807, 2.05) is 66.7 Å². The number of nitrogens with one attached hydrogen (secondary N) is 2. The minimum absolute atomic E-state index is 0.291. The second kappa shape index (κ2) is 7.03. The van der Waals surface area contributed by atoms with Crippen molar-refractivity contribution < 1.29 is 4.79 Å². The quantitative estimate of drug-likeness (QED) is 0.435. The van der Waals surface area contributed by atoms with Crippen molar-refractivity contribution >= 4 is 23.0 Å². The molecule has 4 rings (SSSR count). The van der Waals surface area contributed by atoms with Gasteiger partial charge < -0.3 is 4.98 Å². The summed E-state index contributed by atoms with van der Waals surface area (Å²) in [5, 5.41) is 5.04. The molecule has 0 aliphatic carbocycles. The first kappa shape index (κ1) is 15.8. The van der Waals surface area contributed by atoms with Crippen LogP contribution in [0.15, 0.2) is 84.2 Å². The zero-order chi connectivity index (χ0) is 17.8. The molecule has 126 valence electrons. The number of carbonyl (C=O) groups excluding carboxylic acids is 1. The molecule has 0 unspecified atom stereocenters. The summed E-state index contributed by atoms with van der Waals surface area (Å²) in [5.74, 6) is -0.291. The van der Waals surface area contributed by atoms with Crippen LogP contribution in [0.1, 0.15) is 16.1 Å². The minimum Gasteiger partial charge on any atom is -0.350 e. The van der Waals surface area contributed by atoms with Gasteiger partial charge in [0.25, 0.3) is 5.91 Å². The number of carbonyl (C=O) groups is 1. The lowest BCUT2D eigenvalue weighted by atomic mass is 10.0. The van der Waals surface area contributed by atoms with Crippen LogP contribution >= 0.6 is 0 Å². The fourth-order valence-corrected chi connectivity index (χ4v) is 2.89. The molecule has 26 heavy (non-hydrogen) atoms. The van der Waals surface area contributed by atoms with E-state index in [0.29, 0.717) is 5.69 Å². The SMILES string of the molecule is O=C(NN=Cc1cccnc1)c1[nH]c2ccccc2c1-c1ccccc1. The predicted molar refractivity (Wildman–Crippen MR) is 103 cm³/mol. The number of para-hydroxylation sites is 1. The second-order valence-electron chi connectivity index (χ2n) is 5.77. The Morgan fingerprint density at radius 1 is 1.00 bits per heavy atom. The highest BCUT2D eigenvalue weighted by molar-refractivity contribution is 6.09. The van der Waals surface area contributed by atoms with Crippen LogP contribution in [0.4, 0.5) is 0 Å². The number of aromatic nitrogens is 2. The van der Waals surface area contributed by atoms with Gasteiger partial charge in [-0.15, -0.1) is 0 Å².